The van der Waals surface area contributed by atoms with E-state index in [4.69, 9.17) is 14.4 Å². The second-order valence-electron chi connectivity index (χ2n) is 8.36. The lowest BCUT2D eigenvalue weighted by molar-refractivity contribution is -0.137. The van der Waals surface area contributed by atoms with Crippen LogP contribution in [0.15, 0.2) is 30.5 Å². The predicted octanol–water partition coefficient (Wildman–Crippen LogP) is 2.03. The molecule has 1 aliphatic heterocycles. The molecule has 1 aromatic heterocycles. The molecule has 33 heavy (non-hydrogen) atoms. The van der Waals surface area contributed by atoms with E-state index in [9.17, 15) is 14.7 Å². The van der Waals surface area contributed by atoms with Crippen molar-refractivity contribution in [3.8, 4) is 0 Å². The standard InChI is InChI=1S/C22H32N3O5P.CH4O/c1-14(2)9-20(25-31-30-21-8-7-17(27)13-29-21)22(28)24-16(12-26)10-15-11-23-19-6-4-3-5-18(15)19;1-2/h3-6,11-12,14,16-17,20-21,23,25,27,31H,7-10,13H2,1-2H3,(H,24,28);2H,1H3/t16?,17-,20?,21?;/m1./s1. The maximum absolute atomic E-state index is 12.9. The number of aliphatic hydroxyl groups is 2. The third kappa shape index (κ3) is 8.77. The number of amides is 1. The van der Waals surface area contributed by atoms with Crippen LogP contribution < -0.4 is 10.4 Å². The van der Waals surface area contributed by atoms with Crippen molar-refractivity contribution >= 4 is 32.1 Å². The number of aromatic nitrogens is 1. The number of para-hydroxylation sites is 1. The van der Waals surface area contributed by atoms with Gasteiger partial charge < -0.3 is 34.6 Å². The molecule has 0 radical (unpaired) electrons. The lowest BCUT2D eigenvalue weighted by Crippen LogP contribution is -2.47. The number of fused-ring (bicyclic) bond motifs is 1. The third-order valence-electron chi connectivity index (χ3n) is 5.26. The molecule has 1 fully saturated rings. The van der Waals surface area contributed by atoms with Crippen molar-refractivity contribution in [3.05, 3.63) is 36.0 Å². The Morgan fingerprint density at radius 2 is 2.09 bits per heavy atom. The molecule has 0 aliphatic carbocycles. The lowest BCUT2D eigenvalue weighted by atomic mass is 10.0. The average molecular weight is 482 g/mol. The molecule has 9 nitrogen and oxygen atoms in total. The topological polar surface area (TPSA) is 133 Å². The number of carbonyl (C=O) groups excluding carboxylic acids is 2. The van der Waals surface area contributed by atoms with Crippen LogP contribution in [0.5, 0.6) is 0 Å². The van der Waals surface area contributed by atoms with Gasteiger partial charge in [-0.2, -0.15) is 0 Å². The summed E-state index contributed by atoms with van der Waals surface area (Å²) in [6, 6.07) is 6.79. The average Bonchev–Trinajstić information content (AvgIpc) is 3.23. The molecule has 1 saturated heterocycles. The fourth-order valence-corrected chi connectivity index (χ4v) is 4.41. The molecule has 184 valence electrons. The van der Waals surface area contributed by atoms with Crippen LogP contribution in [0.25, 0.3) is 10.9 Å². The van der Waals surface area contributed by atoms with Crippen LogP contribution in [0.3, 0.4) is 0 Å². The van der Waals surface area contributed by atoms with Crippen LogP contribution >= 0.6 is 8.96 Å². The van der Waals surface area contributed by atoms with Gasteiger partial charge in [-0.15, -0.1) is 0 Å². The molecule has 5 N–H and O–H groups in total. The van der Waals surface area contributed by atoms with Gasteiger partial charge in [-0.25, -0.2) is 0 Å². The van der Waals surface area contributed by atoms with E-state index in [1.54, 1.807) is 0 Å². The minimum Gasteiger partial charge on any atom is -0.400 e. The van der Waals surface area contributed by atoms with Gasteiger partial charge in [-0.3, -0.25) is 9.88 Å². The molecule has 2 heterocycles. The third-order valence-corrected chi connectivity index (χ3v) is 6.11. The molecule has 0 bridgehead atoms. The fourth-order valence-electron chi connectivity index (χ4n) is 3.63. The highest BCUT2D eigenvalue weighted by Crippen LogP contribution is 2.23. The quantitative estimate of drug-likeness (QED) is 0.245. The monoisotopic (exact) mass is 481 g/mol. The Morgan fingerprint density at radius 3 is 2.76 bits per heavy atom. The van der Waals surface area contributed by atoms with Crippen LogP contribution in [0.1, 0.15) is 38.7 Å². The number of ether oxygens (including phenoxy) is 1. The normalized spacial score (nSPS) is 20.4. The van der Waals surface area contributed by atoms with Crippen molar-refractivity contribution in [2.24, 2.45) is 5.92 Å². The summed E-state index contributed by atoms with van der Waals surface area (Å²) < 4.78 is 11.1. The van der Waals surface area contributed by atoms with Gasteiger partial charge in [-0.1, -0.05) is 32.0 Å². The summed E-state index contributed by atoms with van der Waals surface area (Å²) >= 11 is 0. The zero-order valence-electron chi connectivity index (χ0n) is 19.4. The number of nitrogens with one attached hydrogen (secondary N) is 3. The number of H-pyrrole nitrogens is 1. The van der Waals surface area contributed by atoms with Crippen molar-refractivity contribution in [3.63, 3.8) is 0 Å². The van der Waals surface area contributed by atoms with Gasteiger partial charge in [0, 0.05) is 37.1 Å². The molecule has 10 heteroatoms. The largest absolute Gasteiger partial charge is 0.400 e. The van der Waals surface area contributed by atoms with Crippen molar-refractivity contribution in [1.82, 2.24) is 15.4 Å². The van der Waals surface area contributed by atoms with E-state index in [2.05, 4.69) is 15.4 Å². The van der Waals surface area contributed by atoms with E-state index >= 15 is 0 Å². The summed E-state index contributed by atoms with van der Waals surface area (Å²) in [6.07, 6.45) is 4.15. The summed E-state index contributed by atoms with van der Waals surface area (Å²) in [5.41, 5.74) is 1.99. The molecule has 1 aliphatic rings. The Kier molecular flexibility index (Phi) is 11.9. The van der Waals surface area contributed by atoms with Crippen molar-refractivity contribution in [2.45, 2.75) is 64.0 Å². The molecule has 3 rings (SSSR count). The van der Waals surface area contributed by atoms with Crippen LogP contribution in [0, 0.1) is 5.92 Å². The van der Waals surface area contributed by atoms with Gasteiger partial charge in [0.25, 0.3) is 0 Å². The summed E-state index contributed by atoms with van der Waals surface area (Å²) in [4.78, 5) is 27.8. The van der Waals surface area contributed by atoms with E-state index in [0.29, 0.717) is 25.7 Å². The molecular formula is C23H36N3O6P. The maximum atomic E-state index is 12.9. The molecule has 1 aromatic carbocycles. The minimum atomic E-state index is -0.615. The molecule has 0 saturated carbocycles. The smallest absolute Gasteiger partial charge is 0.238 e. The number of hydrogen-bond donors (Lipinski definition) is 5. The Hall–Kier alpha value is -1.87. The van der Waals surface area contributed by atoms with Crippen LogP contribution in [0.2, 0.25) is 0 Å². The van der Waals surface area contributed by atoms with Gasteiger partial charge in [-0.05, 0) is 30.4 Å². The summed E-state index contributed by atoms with van der Waals surface area (Å²) in [7, 11) is 0.880. The van der Waals surface area contributed by atoms with Crippen LogP contribution in [-0.4, -0.2) is 65.6 Å². The number of aromatic amines is 1. The van der Waals surface area contributed by atoms with Gasteiger partial charge in [0.1, 0.15) is 6.29 Å². The number of aldehydes is 1. The molecule has 1 amide bonds. The second-order valence-corrected chi connectivity index (χ2v) is 9.08. The highest BCUT2D eigenvalue weighted by atomic mass is 31.1. The van der Waals surface area contributed by atoms with E-state index in [1.165, 1.54) is 0 Å². The maximum Gasteiger partial charge on any atom is 0.238 e. The minimum absolute atomic E-state index is 0.120. The van der Waals surface area contributed by atoms with Gasteiger partial charge in [0.2, 0.25) is 5.91 Å². The fraction of sp³-hybridized carbons (Fsp3) is 0.565. The van der Waals surface area contributed by atoms with Crippen molar-refractivity contribution in [1.29, 1.82) is 0 Å². The first kappa shape index (κ1) is 27.4. The van der Waals surface area contributed by atoms with E-state index in [1.807, 2.05) is 44.3 Å². The van der Waals surface area contributed by atoms with E-state index < -0.39 is 18.2 Å². The molecule has 4 unspecified atom stereocenters. The molecular weight excluding hydrogens is 445 g/mol. The molecule has 5 atom stereocenters. The van der Waals surface area contributed by atoms with Crippen LogP contribution in [0.4, 0.5) is 0 Å². The van der Waals surface area contributed by atoms with E-state index in [0.717, 1.165) is 29.9 Å². The highest BCUT2D eigenvalue weighted by molar-refractivity contribution is 7.29. The molecule has 2 aromatic rings. The predicted molar refractivity (Wildman–Crippen MR) is 129 cm³/mol. The van der Waals surface area contributed by atoms with Gasteiger partial charge in [0.15, 0.2) is 6.29 Å². The number of rotatable bonds is 11. The summed E-state index contributed by atoms with van der Waals surface area (Å²) in [5, 5.41) is 23.6. The van der Waals surface area contributed by atoms with Crippen molar-refractivity contribution < 1.29 is 29.1 Å². The summed E-state index contributed by atoms with van der Waals surface area (Å²) in [5.74, 6) is 0.0687. The first-order valence-corrected chi connectivity index (χ1v) is 12.1. The van der Waals surface area contributed by atoms with Gasteiger partial charge >= 0.3 is 0 Å². The van der Waals surface area contributed by atoms with Gasteiger partial charge in [0.05, 0.1) is 33.8 Å². The zero-order valence-corrected chi connectivity index (χ0v) is 20.4. The SMILES string of the molecule is CC(C)CC(NPOC1CC[C@@H](O)CO1)C(=O)NC(C=O)Cc1c[nH]c2ccccc12.CO. The zero-order chi connectivity index (χ0) is 24.2. The van der Waals surface area contributed by atoms with E-state index in [-0.39, 0.29) is 33.7 Å². The van der Waals surface area contributed by atoms with Crippen molar-refractivity contribution in [2.75, 3.05) is 13.7 Å². The lowest BCUT2D eigenvalue weighted by Gasteiger charge is -2.27. The number of benzene rings is 1. The highest BCUT2D eigenvalue weighted by Gasteiger charge is 2.25. The number of hydrogen-bond acceptors (Lipinski definition) is 7. The Morgan fingerprint density at radius 1 is 1.33 bits per heavy atom. The Bertz CT molecular complexity index is 854. The van der Waals surface area contributed by atoms with Crippen LogP contribution in [-0.2, 0) is 25.3 Å². The Balaban J connectivity index is 0.00000187. The summed E-state index contributed by atoms with van der Waals surface area (Å²) in [6.45, 7) is 4.35. The first-order valence-electron chi connectivity index (χ1n) is 11.2. The molecule has 0 spiro atoms. The Labute approximate surface area is 196 Å². The second kappa shape index (κ2) is 14.4. The number of carbonyl (C=O) groups is 2. The first-order chi connectivity index (χ1) is 16.0. The number of aliphatic hydroxyl groups excluding tert-OH is 2.